The maximum atomic E-state index is 12.6. The molecule has 27 heavy (non-hydrogen) atoms. The van der Waals surface area contributed by atoms with Gasteiger partial charge in [0, 0.05) is 11.8 Å². The molecule has 7 heteroatoms. The Morgan fingerprint density at radius 3 is 2.48 bits per heavy atom. The summed E-state index contributed by atoms with van der Waals surface area (Å²) in [5, 5.41) is 3.05. The molecule has 2 aromatic rings. The van der Waals surface area contributed by atoms with Crippen LogP contribution in [0.5, 0.6) is 0 Å². The van der Waals surface area contributed by atoms with E-state index in [0.717, 1.165) is 31.3 Å². The van der Waals surface area contributed by atoms with E-state index in [0.29, 0.717) is 16.4 Å². The molecule has 1 aliphatic rings. The van der Waals surface area contributed by atoms with Crippen molar-refractivity contribution in [2.24, 2.45) is 0 Å². The van der Waals surface area contributed by atoms with Crippen LogP contribution in [0.15, 0.2) is 65.1 Å². The molecule has 1 aliphatic carbocycles. The lowest BCUT2D eigenvalue weighted by molar-refractivity contribution is -0.112. The van der Waals surface area contributed by atoms with Gasteiger partial charge in [0.2, 0.25) is 5.91 Å². The van der Waals surface area contributed by atoms with Crippen molar-refractivity contribution in [2.75, 3.05) is 10.0 Å². The Bertz CT molecular complexity index is 963. The van der Waals surface area contributed by atoms with E-state index in [9.17, 15) is 13.2 Å². The van der Waals surface area contributed by atoms with Crippen molar-refractivity contribution in [3.63, 3.8) is 0 Å². The summed E-state index contributed by atoms with van der Waals surface area (Å²) in [6.07, 6.45) is 6.95. The lowest BCUT2D eigenvalue weighted by Crippen LogP contribution is -2.14. The molecule has 2 N–H and O–H groups in total. The van der Waals surface area contributed by atoms with E-state index in [-0.39, 0.29) is 10.8 Å². The fourth-order valence-corrected chi connectivity index (χ4v) is 4.37. The van der Waals surface area contributed by atoms with Crippen LogP contribution in [0.2, 0.25) is 5.02 Å². The molecule has 0 unspecified atom stereocenters. The highest BCUT2D eigenvalue weighted by Crippen LogP contribution is 2.25. The first-order valence-electron chi connectivity index (χ1n) is 8.82. The summed E-state index contributed by atoms with van der Waals surface area (Å²) in [5.41, 5.74) is 1.87. The predicted molar refractivity (Wildman–Crippen MR) is 109 cm³/mol. The van der Waals surface area contributed by atoms with E-state index in [1.54, 1.807) is 42.5 Å². The van der Waals surface area contributed by atoms with Gasteiger partial charge in [-0.05, 0) is 56.0 Å². The molecule has 0 saturated heterocycles. The molecular formula is C20H21ClN2O3S. The zero-order valence-electron chi connectivity index (χ0n) is 14.7. The molecule has 0 bridgehead atoms. The van der Waals surface area contributed by atoms with Crippen molar-refractivity contribution in [3.05, 3.63) is 65.2 Å². The van der Waals surface area contributed by atoms with Gasteiger partial charge in [0.1, 0.15) is 0 Å². The quantitative estimate of drug-likeness (QED) is 0.691. The molecule has 0 aromatic heterocycles. The van der Waals surface area contributed by atoms with Gasteiger partial charge in [-0.2, -0.15) is 0 Å². The van der Waals surface area contributed by atoms with Gasteiger partial charge in [0.25, 0.3) is 10.0 Å². The summed E-state index contributed by atoms with van der Waals surface area (Å²) in [6, 6.07) is 12.7. The van der Waals surface area contributed by atoms with Crippen LogP contribution in [0.4, 0.5) is 11.4 Å². The molecule has 142 valence electrons. The fraction of sp³-hybridized carbons (Fsp3) is 0.250. The highest BCUT2D eigenvalue weighted by atomic mass is 35.5. The summed E-state index contributed by atoms with van der Waals surface area (Å²) >= 11 is 6.02. The SMILES string of the molecule is O=C(C=C1CCCCC1)Nc1cccc(S(=O)(=O)Nc2ccccc2Cl)c1. The van der Waals surface area contributed by atoms with E-state index in [1.165, 1.54) is 18.6 Å². The van der Waals surface area contributed by atoms with Crippen molar-refractivity contribution in [1.82, 2.24) is 0 Å². The van der Waals surface area contributed by atoms with E-state index in [4.69, 9.17) is 11.6 Å². The number of benzene rings is 2. The second kappa shape index (κ2) is 8.59. The summed E-state index contributed by atoms with van der Waals surface area (Å²) in [6.45, 7) is 0. The molecule has 3 rings (SSSR count). The second-order valence-electron chi connectivity index (χ2n) is 6.47. The standard InChI is InChI=1S/C20H21ClN2O3S/c21-18-11-4-5-12-19(18)23-27(25,26)17-10-6-9-16(14-17)22-20(24)13-15-7-2-1-3-8-15/h4-6,9-14,23H,1-3,7-8H2,(H,22,24). The average Bonchev–Trinajstić information content (AvgIpc) is 2.64. The molecule has 0 heterocycles. The normalized spacial score (nSPS) is 14.5. The zero-order chi connectivity index (χ0) is 19.3. The third kappa shape index (κ3) is 5.34. The number of halogens is 1. The lowest BCUT2D eigenvalue weighted by Gasteiger charge is -2.13. The summed E-state index contributed by atoms with van der Waals surface area (Å²) in [7, 11) is -3.82. The maximum absolute atomic E-state index is 12.6. The van der Waals surface area contributed by atoms with Crippen molar-refractivity contribution < 1.29 is 13.2 Å². The molecule has 1 amide bonds. The number of rotatable bonds is 5. The number of anilines is 2. The minimum absolute atomic E-state index is 0.0468. The smallest absolute Gasteiger partial charge is 0.262 e. The molecule has 0 spiro atoms. The van der Waals surface area contributed by atoms with Gasteiger partial charge >= 0.3 is 0 Å². The molecule has 1 saturated carbocycles. The Balaban J connectivity index is 1.74. The number of hydrogen-bond acceptors (Lipinski definition) is 3. The summed E-state index contributed by atoms with van der Waals surface area (Å²) < 4.78 is 27.7. The Morgan fingerprint density at radius 2 is 1.74 bits per heavy atom. The van der Waals surface area contributed by atoms with Crippen LogP contribution < -0.4 is 10.0 Å². The Hall–Kier alpha value is -2.31. The predicted octanol–water partition coefficient (Wildman–Crippen LogP) is 4.97. The number of carbonyl (C=O) groups excluding carboxylic acids is 1. The number of sulfonamides is 1. The third-order valence-corrected chi connectivity index (χ3v) is 6.05. The number of amides is 1. The molecular weight excluding hydrogens is 384 g/mol. The zero-order valence-corrected chi connectivity index (χ0v) is 16.3. The van der Waals surface area contributed by atoms with Crippen LogP contribution in [0, 0.1) is 0 Å². The van der Waals surface area contributed by atoms with Gasteiger partial charge in [-0.15, -0.1) is 0 Å². The summed E-state index contributed by atoms with van der Waals surface area (Å²) in [4.78, 5) is 12.3. The van der Waals surface area contributed by atoms with Crippen LogP contribution in [-0.4, -0.2) is 14.3 Å². The van der Waals surface area contributed by atoms with Crippen molar-refractivity contribution >= 4 is 38.9 Å². The van der Waals surface area contributed by atoms with Crippen LogP contribution in [-0.2, 0) is 14.8 Å². The first-order chi connectivity index (χ1) is 12.9. The largest absolute Gasteiger partial charge is 0.322 e. The molecule has 5 nitrogen and oxygen atoms in total. The minimum atomic E-state index is -3.82. The van der Waals surface area contributed by atoms with Crippen molar-refractivity contribution in [2.45, 2.75) is 37.0 Å². The van der Waals surface area contributed by atoms with E-state index < -0.39 is 10.0 Å². The fourth-order valence-electron chi connectivity index (χ4n) is 3.00. The van der Waals surface area contributed by atoms with Gasteiger partial charge in [-0.3, -0.25) is 9.52 Å². The van der Waals surface area contributed by atoms with Gasteiger partial charge in [0.15, 0.2) is 0 Å². The number of nitrogens with one attached hydrogen (secondary N) is 2. The number of hydrogen-bond donors (Lipinski definition) is 2. The van der Waals surface area contributed by atoms with Crippen LogP contribution in [0.25, 0.3) is 0 Å². The van der Waals surface area contributed by atoms with Crippen LogP contribution in [0.3, 0.4) is 0 Å². The second-order valence-corrected chi connectivity index (χ2v) is 8.56. The Labute approximate surface area is 164 Å². The number of carbonyl (C=O) groups is 1. The topological polar surface area (TPSA) is 75.3 Å². The highest BCUT2D eigenvalue weighted by molar-refractivity contribution is 7.92. The molecule has 1 fully saturated rings. The van der Waals surface area contributed by atoms with Crippen LogP contribution in [0.1, 0.15) is 32.1 Å². The maximum Gasteiger partial charge on any atom is 0.262 e. The van der Waals surface area contributed by atoms with Crippen molar-refractivity contribution in [3.8, 4) is 0 Å². The Morgan fingerprint density at radius 1 is 1.00 bits per heavy atom. The molecule has 0 atom stereocenters. The number of para-hydroxylation sites is 1. The van der Waals surface area contributed by atoms with E-state index in [1.807, 2.05) is 0 Å². The summed E-state index contributed by atoms with van der Waals surface area (Å²) in [5.74, 6) is -0.236. The first-order valence-corrected chi connectivity index (χ1v) is 10.7. The monoisotopic (exact) mass is 404 g/mol. The van der Waals surface area contributed by atoms with E-state index in [2.05, 4.69) is 10.0 Å². The molecule has 0 aliphatic heterocycles. The van der Waals surface area contributed by atoms with Gasteiger partial charge < -0.3 is 5.32 Å². The minimum Gasteiger partial charge on any atom is -0.322 e. The lowest BCUT2D eigenvalue weighted by atomic mass is 9.94. The van der Waals surface area contributed by atoms with E-state index >= 15 is 0 Å². The average molecular weight is 405 g/mol. The van der Waals surface area contributed by atoms with Gasteiger partial charge in [0.05, 0.1) is 15.6 Å². The molecule has 2 aromatic carbocycles. The van der Waals surface area contributed by atoms with Crippen molar-refractivity contribution in [1.29, 1.82) is 0 Å². The molecule has 0 radical (unpaired) electrons. The Kier molecular flexibility index (Phi) is 6.19. The van der Waals surface area contributed by atoms with Gasteiger partial charge in [-0.25, -0.2) is 8.42 Å². The van der Waals surface area contributed by atoms with Gasteiger partial charge in [-0.1, -0.05) is 41.8 Å². The third-order valence-electron chi connectivity index (χ3n) is 4.36. The van der Waals surface area contributed by atoms with Crippen LogP contribution >= 0.6 is 11.6 Å². The highest BCUT2D eigenvalue weighted by Gasteiger charge is 2.16. The number of allylic oxidation sites excluding steroid dienone is 1. The first kappa shape index (κ1) is 19.5.